The lowest BCUT2D eigenvalue weighted by molar-refractivity contribution is -0.125. The maximum Gasteiger partial charge on any atom is 0.261 e. The topological polar surface area (TPSA) is 72.2 Å². The molecule has 18 heavy (non-hydrogen) atoms. The van der Waals surface area contributed by atoms with Gasteiger partial charge >= 0.3 is 0 Å². The number of nitrogens with two attached hydrogens (primary N) is 1. The fourth-order valence-corrected chi connectivity index (χ4v) is 2.49. The third kappa shape index (κ3) is 3.32. The van der Waals surface area contributed by atoms with E-state index in [0.29, 0.717) is 4.88 Å². The van der Waals surface area contributed by atoms with Crippen LogP contribution in [0.5, 0.6) is 0 Å². The standard InChI is InChI=1S/C13H20N2O2S/c1-5-9-6-10(18-8(9)2)11(16)15-7-13(3,4)12(14)17/h6H,5,7H2,1-4H3,(H2,14,17)(H,15,16). The van der Waals surface area contributed by atoms with E-state index < -0.39 is 11.3 Å². The van der Waals surface area contributed by atoms with Gasteiger partial charge in [0.15, 0.2) is 0 Å². The van der Waals surface area contributed by atoms with Crippen molar-refractivity contribution in [3.05, 3.63) is 21.4 Å². The Bertz CT molecular complexity index is 464. The molecule has 0 aliphatic rings. The van der Waals surface area contributed by atoms with Crippen molar-refractivity contribution in [3.8, 4) is 0 Å². The molecule has 1 aromatic heterocycles. The highest BCUT2D eigenvalue weighted by atomic mass is 32.1. The molecular formula is C13H20N2O2S. The zero-order valence-corrected chi connectivity index (χ0v) is 12.1. The van der Waals surface area contributed by atoms with Crippen molar-refractivity contribution in [2.75, 3.05) is 6.54 Å². The average Bonchev–Trinajstić information content (AvgIpc) is 2.67. The molecule has 0 saturated carbocycles. The number of carbonyl (C=O) groups is 2. The lowest BCUT2D eigenvalue weighted by Crippen LogP contribution is -2.42. The highest BCUT2D eigenvalue weighted by Gasteiger charge is 2.26. The molecule has 5 heteroatoms. The summed E-state index contributed by atoms with van der Waals surface area (Å²) in [4.78, 5) is 24.9. The van der Waals surface area contributed by atoms with E-state index in [0.717, 1.165) is 11.3 Å². The van der Waals surface area contributed by atoms with Gasteiger partial charge in [-0.05, 0) is 38.8 Å². The monoisotopic (exact) mass is 268 g/mol. The largest absolute Gasteiger partial charge is 0.369 e. The van der Waals surface area contributed by atoms with Crippen LogP contribution in [0, 0.1) is 12.3 Å². The van der Waals surface area contributed by atoms with Gasteiger partial charge < -0.3 is 11.1 Å². The van der Waals surface area contributed by atoms with E-state index in [2.05, 4.69) is 12.2 Å². The number of rotatable bonds is 5. The molecule has 0 aromatic carbocycles. The quantitative estimate of drug-likeness (QED) is 0.855. The summed E-state index contributed by atoms with van der Waals surface area (Å²) in [6, 6.07) is 1.91. The van der Waals surface area contributed by atoms with Gasteiger partial charge in [0.25, 0.3) is 5.91 Å². The molecule has 0 aliphatic heterocycles. The molecule has 100 valence electrons. The Balaban J connectivity index is 2.69. The average molecular weight is 268 g/mol. The minimum atomic E-state index is -0.727. The number of aryl methyl sites for hydroxylation is 2. The minimum Gasteiger partial charge on any atom is -0.369 e. The molecule has 0 radical (unpaired) electrons. The van der Waals surface area contributed by atoms with E-state index in [4.69, 9.17) is 5.73 Å². The molecule has 1 rings (SSSR count). The summed E-state index contributed by atoms with van der Waals surface area (Å²) in [5.41, 5.74) is 5.72. The molecule has 0 saturated heterocycles. The molecule has 2 amide bonds. The fourth-order valence-electron chi connectivity index (χ4n) is 1.46. The minimum absolute atomic E-state index is 0.142. The van der Waals surface area contributed by atoms with Crippen LogP contribution in [0.15, 0.2) is 6.07 Å². The molecule has 0 spiro atoms. The summed E-state index contributed by atoms with van der Waals surface area (Å²) in [5.74, 6) is -0.559. The van der Waals surface area contributed by atoms with Crippen LogP contribution in [0.1, 0.15) is 40.9 Å². The van der Waals surface area contributed by atoms with E-state index in [1.54, 1.807) is 13.8 Å². The summed E-state index contributed by atoms with van der Waals surface area (Å²) in [6.07, 6.45) is 0.919. The number of nitrogens with one attached hydrogen (secondary N) is 1. The Kier molecular flexibility index (Phi) is 4.51. The zero-order chi connectivity index (χ0) is 13.9. The van der Waals surface area contributed by atoms with E-state index >= 15 is 0 Å². The van der Waals surface area contributed by atoms with Crippen LogP contribution in [-0.2, 0) is 11.2 Å². The molecule has 0 bridgehead atoms. The van der Waals surface area contributed by atoms with Crippen LogP contribution in [0.25, 0.3) is 0 Å². The third-order valence-electron chi connectivity index (χ3n) is 2.98. The van der Waals surface area contributed by atoms with Crippen LogP contribution in [0.2, 0.25) is 0 Å². The second-order valence-electron chi connectivity index (χ2n) is 4.98. The first kappa shape index (κ1) is 14.7. The predicted molar refractivity (Wildman–Crippen MR) is 73.7 cm³/mol. The molecule has 1 heterocycles. The van der Waals surface area contributed by atoms with Gasteiger partial charge in [0, 0.05) is 11.4 Å². The Labute approximate surface area is 112 Å². The predicted octanol–water partition coefficient (Wildman–Crippen LogP) is 1.86. The van der Waals surface area contributed by atoms with E-state index in [9.17, 15) is 9.59 Å². The number of amides is 2. The highest BCUT2D eigenvalue weighted by Crippen LogP contribution is 2.22. The van der Waals surface area contributed by atoms with Crippen molar-refractivity contribution < 1.29 is 9.59 Å². The first-order chi connectivity index (χ1) is 8.27. The first-order valence-electron chi connectivity index (χ1n) is 5.95. The van der Waals surface area contributed by atoms with Crippen molar-refractivity contribution in [2.24, 2.45) is 11.1 Å². The van der Waals surface area contributed by atoms with Crippen LogP contribution < -0.4 is 11.1 Å². The third-order valence-corrected chi connectivity index (χ3v) is 4.07. The van der Waals surface area contributed by atoms with Gasteiger partial charge in [-0.2, -0.15) is 0 Å². The maximum atomic E-state index is 11.9. The molecule has 3 N–H and O–H groups in total. The highest BCUT2D eigenvalue weighted by molar-refractivity contribution is 7.14. The van der Waals surface area contributed by atoms with Gasteiger partial charge in [-0.25, -0.2) is 0 Å². The Morgan fingerprint density at radius 2 is 2.06 bits per heavy atom. The van der Waals surface area contributed by atoms with E-state index in [-0.39, 0.29) is 12.5 Å². The molecule has 0 unspecified atom stereocenters. The molecule has 4 nitrogen and oxygen atoms in total. The van der Waals surface area contributed by atoms with Crippen LogP contribution >= 0.6 is 11.3 Å². The zero-order valence-electron chi connectivity index (χ0n) is 11.3. The van der Waals surface area contributed by atoms with Gasteiger partial charge in [0.1, 0.15) is 0 Å². The van der Waals surface area contributed by atoms with Crippen molar-refractivity contribution in [3.63, 3.8) is 0 Å². The number of hydrogen-bond acceptors (Lipinski definition) is 3. The Morgan fingerprint density at radius 1 is 1.44 bits per heavy atom. The number of hydrogen-bond donors (Lipinski definition) is 2. The van der Waals surface area contributed by atoms with E-state index in [1.807, 2.05) is 13.0 Å². The number of primary amides is 1. The lowest BCUT2D eigenvalue weighted by Gasteiger charge is -2.20. The smallest absolute Gasteiger partial charge is 0.261 e. The van der Waals surface area contributed by atoms with Crippen LogP contribution in [0.4, 0.5) is 0 Å². The molecule has 0 aliphatic carbocycles. The van der Waals surface area contributed by atoms with Crippen molar-refractivity contribution in [1.29, 1.82) is 0 Å². The molecular weight excluding hydrogens is 248 g/mol. The van der Waals surface area contributed by atoms with Crippen molar-refractivity contribution in [2.45, 2.75) is 34.1 Å². The second-order valence-corrected chi connectivity index (χ2v) is 6.23. The van der Waals surface area contributed by atoms with Crippen LogP contribution in [-0.4, -0.2) is 18.4 Å². The molecule has 0 fully saturated rings. The summed E-state index contributed by atoms with van der Waals surface area (Å²) in [6.45, 7) is 7.75. The van der Waals surface area contributed by atoms with E-state index in [1.165, 1.54) is 16.9 Å². The Morgan fingerprint density at radius 3 is 2.50 bits per heavy atom. The molecule has 0 atom stereocenters. The normalized spacial score (nSPS) is 11.3. The van der Waals surface area contributed by atoms with Gasteiger partial charge in [-0.15, -0.1) is 11.3 Å². The second kappa shape index (κ2) is 5.52. The van der Waals surface area contributed by atoms with Crippen molar-refractivity contribution in [1.82, 2.24) is 5.32 Å². The summed E-state index contributed by atoms with van der Waals surface area (Å²) in [5, 5.41) is 2.76. The first-order valence-corrected chi connectivity index (χ1v) is 6.77. The van der Waals surface area contributed by atoms with Gasteiger partial charge in [-0.3, -0.25) is 9.59 Å². The van der Waals surface area contributed by atoms with Crippen molar-refractivity contribution >= 4 is 23.2 Å². The van der Waals surface area contributed by atoms with Gasteiger partial charge in [-0.1, -0.05) is 6.92 Å². The number of thiophene rings is 1. The maximum absolute atomic E-state index is 11.9. The SMILES string of the molecule is CCc1cc(C(=O)NCC(C)(C)C(N)=O)sc1C. The summed E-state index contributed by atoms with van der Waals surface area (Å²) >= 11 is 1.48. The molecule has 1 aromatic rings. The number of carbonyl (C=O) groups excluding carboxylic acids is 2. The Hall–Kier alpha value is -1.36. The summed E-state index contributed by atoms with van der Waals surface area (Å²) < 4.78 is 0. The van der Waals surface area contributed by atoms with Gasteiger partial charge in [0.2, 0.25) is 5.91 Å². The fraction of sp³-hybridized carbons (Fsp3) is 0.538. The summed E-state index contributed by atoms with van der Waals surface area (Å²) in [7, 11) is 0. The lowest BCUT2D eigenvalue weighted by atomic mass is 9.93. The van der Waals surface area contributed by atoms with Gasteiger partial charge in [0.05, 0.1) is 10.3 Å². The van der Waals surface area contributed by atoms with Crippen LogP contribution in [0.3, 0.4) is 0 Å².